The van der Waals surface area contributed by atoms with E-state index in [4.69, 9.17) is 11.6 Å². The summed E-state index contributed by atoms with van der Waals surface area (Å²) in [5.74, 6) is 0. The van der Waals surface area contributed by atoms with Crippen LogP contribution in [0.25, 0.3) is 27.7 Å². The molecule has 0 aliphatic carbocycles. The second-order valence-corrected chi connectivity index (χ2v) is 7.94. The molecule has 0 aliphatic heterocycles. The van der Waals surface area contributed by atoms with Crippen molar-refractivity contribution in [2.45, 2.75) is 10.1 Å². The molecule has 0 fully saturated rings. The summed E-state index contributed by atoms with van der Waals surface area (Å²) >= 11 is 7.51. The zero-order valence-corrected chi connectivity index (χ0v) is 17.1. The summed E-state index contributed by atoms with van der Waals surface area (Å²) in [6, 6.07) is 24.7. The van der Waals surface area contributed by atoms with E-state index in [9.17, 15) is 4.79 Å². The lowest BCUT2D eigenvalue weighted by molar-refractivity contribution is 0.756. The standard InChI is InChI=1S/C22H14ClN5OS/c23-15-11-12-18-17(13-15)19(14-7-3-1-4-8-14)20(21(29)24-18)30-22-25-26-27-28(22)16-9-5-2-6-10-16/h1-13H,(H,24,29). The number of hydrogen-bond acceptors (Lipinski definition) is 5. The Kier molecular flexibility index (Phi) is 4.82. The molecule has 0 aliphatic rings. The van der Waals surface area contributed by atoms with Crippen molar-refractivity contribution in [1.82, 2.24) is 25.2 Å². The highest BCUT2D eigenvalue weighted by molar-refractivity contribution is 7.99. The minimum Gasteiger partial charge on any atom is -0.321 e. The molecule has 146 valence electrons. The Bertz CT molecular complexity index is 1400. The topological polar surface area (TPSA) is 76.5 Å². The number of halogens is 1. The van der Waals surface area contributed by atoms with Crippen LogP contribution in [0.1, 0.15) is 0 Å². The Hall–Kier alpha value is -3.42. The minimum atomic E-state index is -0.212. The van der Waals surface area contributed by atoms with Gasteiger partial charge in [-0.3, -0.25) is 4.79 Å². The third kappa shape index (κ3) is 3.38. The molecule has 5 aromatic rings. The van der Waals surface area contributed by atoms with Crippen LogP contribution in [0.15, 0.2) is 93.7 Å². The van der Waals surface area contributed by atoms with E-state index in [2.05, 4.69) is 20.5 Å². The molecule has 0 radical (unpaired) electrons. The first-order valence-corrected chi connectivity index (χ1v) is 10.3. The van der Waals surface area contributed by atoms with Gasteiger partial charge in [-0.2, -0.15) is 4.68 Å². The zero-order valence-electron chi connectivity index (χ0n) is 15.5. The number of hydrogen-bond donors (Lipinski definition) is 1. The maximum atomic E-state index is 13.1. The number of para-hydroxylation sites is 1. The summed E-state index contributed by atoms with van der Waals surface area (Å²) in [5.41, 5.74) is 3.03. The van der Waals surface area contributed by atoms with Crippen LogP contribution in [0.5, 0.6) is 0 Å². The van der Waals surface area contributed by atoms with Gasteiger partial charge in [-0.05, 0) is 58.1 Å². The summed E-state index contributed by atoms with van der Waals surface area (Å²) in [7, 11) is 0. The van der Waals surface area contributed by atoms with Crippen molar-refractivity contribution >= 4 is 34.3 Å². The Balaban J connectivity index is 1.74. The van der Waals surface area contributed by atoms with Crippen molar-refractivity contribution in [2.75, 3.05) is 0 Å². The molecule has 3 aromatic carbocycles. The van der Waals surface area contributed by atoms with E-state index in [1.807, 2.05) is 72.8 Å². The van der Waals surface area contributed by atoms with Crippen LogP contribution in [0, 0.1) is 0 Å². The van der Waals surface area contributed by atoms with Crippen LogP contribution in [0.3, 0.4) is 0 Å². The van der Waals surface area contributed by atoms with Gasteiger partial charge in [0, 0.05) is 21.5 Å². The lowest BCUT2D eigenvalue weighted by Crippen LogP contribution is -2.11. The maximum Gasteiger partial charge on any atom is 0.263 e. The fourth-order valence-corrected chi connectivity index (χ4v) is 4.44. The van der Waals surface area contributed by atoms with E-state index >= 15 is 0 Å². The minimum absolute atomic E-state index is 0.212. The number of tetrazole rings is 1. The summed E-state index contributed by atoms with van der Waals surface area (Å²) in [4.78, 5) is 16.6. The first-order valence-electron chi connectivity index (χ1n) is 9.13. The molecule has 2 aromatic heterocycles. The van der Waals surface area contributed by atoms with Gasteiger partial charge in [0.15, 0.2) is 0 Å². The van der Waals surface area contributed by atoms with E-state index < -0.39 is 0 Å². The average molecular weight is 432 g/mol. The van der Waals surface area contributed by atoms with Gasteiger partial charge in [0.2, 0.25) is 5.16 Å². The van der Waals surface area contributed by atoms with Gasteiger partial charge in [0.25, 0.3) is 5.56 Å². The van der Waals surface area contributed by atoms with Gasteiger partial charge in [-0.15, -0.1) is 5.10 Å². The van der Waals surface area contributed by atoms with Crippen molar-refractivity contribution in [3.8, 4) is 16.8 Å². The Morgan fingerprint density at radius 2 is 1.67 bits per heavy atom. The summed E-state index contributed by atoms with van der Waals surface area (Å²) in [5, 5.41) is 14.0. The maximum absolute atomic E-state index is 13.1. The molecule has 0 spiro atoms. The third-order valence-corrected chi connectivity index (χ3v) is 5.90. The highest BCUT2D eigenvalue weighted by atomic mass is 35.5. The van der Waals surface area contributed by atoms with Crippen LogP contribution in [0.4, 0.5) is 0 Å². The quantitative estimate of drug-likeness (QED) is 0.434. The molecule has 1 N–H and O–H groups in total. The number of H-pyrrole nitrogens is 1. The number of pyridine rings is 1. The van der Waals surface area contributed by atoms with Crippen molar-refractivity contribution in [3.63, 3.8) is 0 Å². The van der Waals surface area contributed by atoms with Crippen LogP contribution >= 0.6 is 23.4 Å². The van der Waals surface area contributed by atoms with Gasteiger partial charge < -0.3 is 4.98 Å². The van der Waals surface area contributed by atoms with E-state index in [0.717, 1.165) is 27.7 Å². The lowest BCUT2D eigenvalue weighted by Gasteiger charge is -2.13. The molecule has 30 heavy (non-hydrogen) atoms. The molecule has 2 heterocycles. The molecule has 0 amide bonds. The predicted octanol–water partition coefficient (Wildman–Crippen LogP) is 4.98. The lowest BCUT2D eigenvalue weighted by atomic mass is 10.0. The number of nitrogens with zero attached hydrogens (tertiary/aromatic N) is 4. The van der Waals surface area contributed by atoms with Crippen molar-refractivity contribution in [1.29, 1.82) is 0 Å². The average Bonchev–Trinajstić information content (AvgIpc) is 3.24. The summed E-state index contributed by atoms with van der Waals surface area (Å²) < 4.78 is 1.61. The number of aromatic amines is 1. The third-order valence-electron chi connectivity index (χ3n) is 4.63. The van der Waals surface area contributed by atoms with Crippen molar-refractivity contribution < 1.29 is 0 Å². The summed E-state index contributed by atoms with van der Waals surface area (Å²) in [6.07, 6.45) is 0. The van der Waals surface area contributed by atoms with Crippen LogP contribution in [-0.2, 0) is 0 Å². The molecular weight excluding hydrogens is 418 g/mol. The van der Waals surface area contributed by atoms with Gasteiger partial charge >= 0.3 is 0 Å². The molecule has 8 heteroatoms. The molecule has 0 atom stereocenters. The van der Waals surface area contributed by atoms with E-state index in [-0.39, 0.29) is 5.56 Å². The van der Waals surface area contributed by atoms with Gasteiger partial charge in [-0.25, -0.2) is 0 Å². The fourth-order valence-electron chi connectivity index (χ4n) is 3.30. The largest absolute Gasteiger partial charge is 0.321 e. The molecule has 0 unspecified atom stereocenters. The predicted molar refractivity (Wildman–Crippen MR) is 118 cm³/mol. The normalized spacial score (nSPS) is 11.1. The molecule has 0 saturated heterocycles. The smallest absolute Gasteiger partial charge is 0.263 e. The molecule has 0 bridgehead atoms. The van der Waals surface area contributed by atoms with Crippen molar-refractivity contribution in [3.05, 3.63) is 94.2 Å². The Morgan fingerprint density at radius 1 is 0.933 bits per heavy atom. The van der Waals surface area contributed by atoms with Crippen LogP contribution < -0.4 is 5.56 Å². The van der Waals surface area contributed by atoms with Gasteiger partial charge in [-0.1, -0.05) is 60.1 Å². The molecule has 5 rings (SSSR count). The van der Waals surface area contributed by atoms with Gasteiger partial charge in [0.05, 0.1) is 10.6 Å². The van der Waals surface area contributed by atoms with Gasteiger partial charge in [0.1, 0.15) is 0 Å². The first kappa shape index (κ1) is 18.6. The molecular formula is C22H14ClN5OS. The number of nitrogens with one attached hydrogen (secondary N) is 1. The zero-order chi connectivity index (χ0) is 20.5. The van der Waals surface area contributed by atoms with Crippen molar-refractivity contribution in [2.24, 2.45) is 0 Å². The monoisotopic (exact) mass is 431 g/mol. The SMILES string of the molecule is O=c1[nH]c2ccc(Cl)cc2c(-c2ccccc2)c1Sc1nnnn1-c1ccccc1. The second kappa shape index (κ2) is 7.78. The fraction of sp³-hybridized carbons (Fsp3) is 0. The summed E-state index contributed by atoms with van der Waals surface area (Å²) in [6.45, 7) is 0. The Labute approximate surface area is 180 Å². The first-order chi connectivity index (χ1) is 14.7. The molecule has 0 saturated carbocycles. The number of benzene rings is 3. The van der Waals surface area contributed by atoms with E-state index in [1.54, 1.807) is 10.7 Å². The molecule has 6 nitrogen and oxygen atoms in total. The van der Waals surface area contributed by atoms with E-state index in [0.29, 0.717) is 15.1 Å². The van der Waals surface area contributed by atoms with E-state index in [1.165, 1.54) is 11.8 Å². The van der Waals surface area contributed by atoms with Crippen LogP contribution in [0.2, 0.25) is 5.02 Å². The number of rotatable bonds is 4. The number of fused-ring (bicyclic) bond motifs is 1. The number of aromatic nitrogens is 5. The second-order valence-electron chi connectivity index (χ2n) is 6.53. The highest BCUT2D eigenvalue weighted by Crippen LogP contribution is 2.38. The highest BCUT2D eigenvalue weighted by Gasteiger charge is 2.19. The van der Waals surface area contributed by atoms with Crippen LogP contribution in [-0.4, -0.2) is 25.2 Å². The Morgan fingerprint density at radius 3 is 2.43 bits per heavy atom.